The van der Waals surface area contributed by atoms with Crippen LogP contribution in [0, 0.1) is 6.92 Å². The molecule has 0 amide bonds. The Balaban J connectivity index is 2.51. The zero-order chi connectivity index (χ0) is 12.2. The summed E-state index contributed by atoms with van der Waals surface area (Å²) in [6.07, 6.45) is 2.10. The van der Waals surface area contributed by atoms with Gasteiger partial charge >= 0.3 is 0 Å². The molecule has 92 valence electrons. The van der Waals surface area contributed by atoms with Crippen LogP contribution in [0.5, 0.6) is 0 Å². The molecule has 0 aliphatic heterocycles. The van der Waals surface area contributed by atoms with Crippen LogP contribution in [-0.2, 0) is 10.0 Å². The fraction of sp³-hybridized carbons (Fsp3) is 0.667. The molecular formula is C9H18N4O2S. The Morgan fingerprint density at radius 3 is 2.69 bits per heavy atom. The van der Waals surface area contributed by atoms with E-state index >= 15 is 0 Å². The van der Waals surface area contributed by atoms with E-state index in [2.05, 4.69) is 14.9 Å². The molecule has 0 fully saturated rings. The van der Waals surface area contributed by atoms with Crippen molar-refractivity contribution in [3.8, 4) is 0 Å². The van der Waals surface area contributed by atoms with E-state index in [0.29, 0.717) is 12.2 Å². The first-order valence-corrected chi connectivity index (χ1v) is 6.56. The van der Waals surface area contributed by atoms with E-state index in [1.165, 1.54) is 6.20 Å². The normalized spacial score (nSPS) is 12.2. The molecular weight excluding hydrogens is 228 g/mol. The molecule has 0 aliphatic rings. The van der Waals surface area contributed by atoms with Crippen molar-refractivity contribution in [2.24, 2.45) is 0 Å². The monoisotopic (exact) mass is 246 g/mol. The fourth-order valence-electron chi connectivity index (χ4n) is 1.29. The zero-order valence-electron chi connectivity index (χ0n) is 9.82. The van der Waals surface area contributed by atoms with Crippen molar-refractivity contribution in [2.75, 3.05) is 27.2 Å². The Morgan fingerprint density at radius 1 is 1.50 bits per heavy atom. The molecule has 0 aliphatic carbocycles. The number of H-pyrrole nitrogens is 1. The van der Waals surface area contributed by atoms with Crippen molar-refractivity contribution in [3.05, 3.63) is 11.9 Å². The molecule has 16 heavy (non-hydrogen) atoms. The number of sulfonamides is 1. The van der Waals surface area contributed by atoms with Crippen LogP contribution in [0.25, 0.3) is 0 Å². The minimum absolute atomic E-state index is 0.220. The van der Waals surface area contributed by atoms with Crippen molar-refractivity contribution in [2.45, 2.75) is 18.2 Å². The van der Waals surface area contributed by atoms with E-state index in [1.54, 1.807) is 6.92 Å². The fourth-order valence-corrected chi connectivity index (χ4v) is 2.50. The lowest BCUT2D eigenvalue weighted by Gasteiger charge is -2.09. The maximum absolute atomic E-state index is 11.8. The highest BCUT2D eigenvalue weighted by atomic mass is 32.2. The van der Waals surface area contributed by atoms with Gasteiger partial charge in [-0.1, -0.05) is 0 Å². The molecule has 7 heteroatoms. The zero-order valence-corrected chi connectivity index (χ0v) is 10.6. The van der Waals surface area contributed by atoms with Gasteiger partial charge in [-0.15, -0.1) is 0 Å². The molecule has 0 radical (unpaired) electrons. The second-order valence-corrected chi connectivity index (χ2v) is 5.65. The highest BCUT2D eigenvalue weighted by Gasteiger charge is 2.17. The summed E-state index contributed by atoms with van der Waals surface area (Å²) in [6.45, 7) is 2.97. The number of aromatic amines is 1. The van der Waals surface area contributed by atoms with Crippen LogP contribution in [0.2, 0.25) is 0 Å². The van der Waals surface area contributed by atoms with E-state index in [9.17, 15) is 8.42 Å². The minimum Gasteiger partial charge on any atom is -0.309 e. The first kappa shape index (κ1) is 13.1. The number of hydrogen-bond donors (Lipinski definition) is 2. The van der Waals surface area contributed by atoms with Gasteiger partial charge in [0.25, 0.3) is 0 Å². The third-order valence-corrected chi connectivity index (χ3v) is 3.72. The summed E-state index contributed by atoms with van der Waals surface area (Å²) in [7, 11) is 0.498. The van der Waals surface area contributed by atoms with Crippen LogP contribution in [0.1, 0.15) is 12.1 Å². The van der Waals surface area contributed by atoms with Crippen LogP contribution in [0.3, 0.4) is 0 Å². The molecule has 0 unspecified atom stereocenters. The molecule has 2 N–H and O–H groups in total. The number of nitrogens with zero attached hydrogens (tertiary/aromatic N) is 2. The van der Waals surface area contributed by atoms with Crippen molar-refractivity contribution in [1.82, 2.24) is 19.8 Å². The summed E-state index contributed by atoms with van der Waals surface area (Å²) in [6, 6.07) is 0. The summed E-state index contributed by atoms with van der Waals surface area (Å²) in [5.74, 6) is 0. The predicted molar refractivity (Wildman–Crippen MR) is 61.7 cm³/mol. The molecule has 0 saturated carbocycles. The van der Waals surface area contributed by atoms with Crippen molar-refractivity contribution in [3.63, 3.8) is 0 Å². The third-order valence-electron chi connectivity index (χ3n) is 2.15. The molecule has 1 aromatic rings. The number of aryl methyl sites for hydroxylation is 1. The van der Waals surface area contributed by atoms with Gasteiger partial charge in [0.15, 0.2) is 0 Å². The van der Waals surface area contributed by atoms with E-state index in [1.807, 2.05) is 19.0 Å². The summed E-state index contributed by atoms with van der Waals surface area (Å²) < 4.78 is 26.1. The summed E-state index contributed by atoms with van der Waals surface area (Å²) in [4.78, 5) is 2.23. The van der Waals surface area contributed by atoms with Crippen LogP contribution in [0.15, 0.2) is 11.1 Å². The Morgan fingerprint density at radius 2 is 2.19 bits per heavy atom. The van der Waals surface area contributed by atoms with Gasteiger partial charge in [-0.25, -0.2) is 13.1 Å². The van der Waals surface area contributed by atoms with Crippen LogP contribution in [-0.4, -0.2) is 50.7 Å². The van der Waals surface area contributed by atoms with Crippen molar-refractivity contribution >= 4 is 10.0 Å². The quantitative estimate of drug-likeness (QED) is 0.690. The van der Waals surface area contributed by atoms with E-state index in [0.717, 1.165) is 13.0 Å². The molecule has 1 rings (SSSR count). The van der Waals surface area contributed by atoms with Crippen molar-refractivity contribution < 1.29 is 8.42 Å². The molecule has 1 heterocycles. The Bertz CT molecular complexity index is 424. The molecule has 0 atom stereocenters. The lowest BCUT2D eigenvalue weighted by molar-refractivity contribution is 0.400. The maximum Gasteiger partial charge on any atom is 0.243 e. The smallest absolute Gasteiger partial charge is 0.243 e. The predicted octanol–water partition coefficient (Wildman–Crippen LogP) is -0.0519. The van der Waals surface area contributed by atoms with Gasteiger partial charge < -0.3 is 4.90 Å². The number of aromatic nitrogens is 2. The van der Waals surface area contributed by atoms with Gasteiger partial charge in [-0.2, -0.15) is 5.10 Å². The topological polar surface area (TPSA) is 78.1 Å². The van der Waals surface area contributed by atoms with Gasteiger partial charge in [-0.05, 0) is 34.0 Å². The SMILES string of the molecule is Cc1[nH]ncc1S(=O)(=O)NCCCN(C)C. The number of hydrogen-bond acceptors (Lipinski definition) is 4. The van der Waals surface area contributed by atoms with Crippen LogP contribution >= 0.6 is 0 Å². The largest absolute Gasteiger partial charge is 0.309 e. The molecule has 1 aromatic heterocycles. The lowest BCUT2D eigenvalue weighted by atomic mass is 10.4. The van der Waals surface area contributed by atoms with E-state index in [-0.39, 0.29) is 4.90 Å². The highest BCUT2D eigenvalue weighted by molar-refractivity contribution is 7.89. The van der Waals surface area contributed by atoms with E-state index < -0.39 is 10.0 Å². The molecule has 6 nitrogen and oxygen atoms in total. The van der Waals surface area contributed by atoms with Gasteiger partial charge in [0.2, 0.25) is 10.0 Å². The Labute approximate surface area is 96.1 Å². The first-order valence-electron chi connectivity index (χ1n) is 5.08. The standard InChI is InChI=1S/C9H18N4O2S/c1-8-9(7-10-12-8)16(14,15)11-5-4-6-13(2)3/h7,11H,4-6H2,1-3H3,(H,10,12). The number of nitrogens with one attached hydrogen (secondary N) is 2. The minimum atomic E-state index is -3.41. The second-order valence-electron chi connectivity index (χ2n) is 3.91. The lowest BCUT2D eigenvalue weighted by Crippen LogP contribution is -2.27. The summed E-state index contributed by atoms with van der Waals surface area (Å²) in [5.41, 5.74) is 0.556. The average Bonchev–Trinajstić information content (AvgIpc) is 2.59. The van der Waals surface area contributed by atoms with Gasteiger partial charge in [-0.3, -0.25) is 5.10 Å². The van der Waals surface area contributed by atoms with Gasteiger partial charge in [0.1, 0.15) is 4.90 Å². The molecule has 0 aromatic carbocycles. The van der Waals surface area contributed by atoms with Crippen molar-refractivity contribution in [1.29, 1.82) is 0 Å². The summed E-state index contributed by atoms with van der Waals surface area (Å²) >= 11 is 0. The third kappa shape index (κ3) is 3.58. The average molecular weight is 246 g/mol. The van der Waals surface area contributed by atoms with Gasteiger partial charge in [0.05, 0.1) is 11.9 Å². The highest BCUT2D eigenvalue weighted by Crippen LogP contribution is 2.10. The molecule has 0 saturated heterocycles. The maximum atomic E-state index is 11.8. The number of rotatable bonds is 6. The van der Waals surface area contributed by atoms with Crippen LogP contribution < -0.4 is 4.72 Å². The van der Waals surface area contributed by atoms with Gasteiger partial charge in [0, 0.05) is 6.54 Å². The Kier molecular flexibility index (Phi) is 4.45. The summed E-state index contributed by atoms with van der Waals surface area (Å²) in [5, 5.41) is 6.30. The van der Waals surface area contributed by atoms with E-state index in [4.69, 9.17) is 0 Å². The molecule has 0 spiro atoms. The first-order chi connectivity index (χ1) is 7.43. The molecule has 0 bridgehead atoms. The second kappa shape index (κ2) is 5.42. The Hall–Kier alpha value is -0.920. The van der Waals surface area contributed by atoms with Crippen LogP contribution in [0.4, 0.5) is 0 Å².